The molecule has 0 aromatic carbocycles. The van der Waals surface area contributed by atoms with Crippen LogP contribution in [0, 0.1) is 0 Å². The highest BCUT2D eigenvalue weighted by molar-refractivity contribution is 5.32. The van der Waals surface area contributed by atoms with Crippen LogP contribution in [-0.2, 0) is 5.41 Å². The molecule has 1 aliphatic carbocycles. The second-order valence-corrected chi connectivity index (χ2v) is 6.86. The van der Waals surface area contributed by atoms with Crippen LogP contribution in [0.4, 0.5) is 0 Å². The molecule has 1 saturated carbocycles. The second-order valence-electron chi connectivity index (χ2n) is 6.86. The highest BCUT2D eigenvalue weighted by Gasteiger charge is 2.45. The molecule has 1 aliphatic rings. The van der Waals surface area contributed by atoms with Crippen LogP contribution in [0.2, 0.25) is 0 Å². The Morgan fingerprint density at radius 2 is 1.85 bits per heavy atom. The Morgan fingerprint density at radius 3 is 2.45 bits per heavy atom. The van der Waals surface area contributed by atoms with E-state index in [-0.39, 0.29) is 11.0 Å². The largest absolute Gasteiger partial charge is 0.311 e. The van der Waals surface area contributed by atoms with E-state index in [0.29, 0.717) is 0 Å². The molecule has 0 bridgehead atoms. The lowest BCUT2D eigenvalue weighted by Crippen LogP contribution is -2.41. The molecule has 0 aliphatic heterocycles. The van der Waals surface area contributed by atoms with E-state index in [2.05, 4.69) is 48.9 Å². The third-order valence-corrected chi connectivity index (χ3v) is 3.96. The molecule has 20 heavy (non-hydrogen) atoms. The van der Waals surface area contributed by atoms with Gasteiger partial charge in [0, 0.05) is 29.9 Å². The van der Waals surface area contributed by atoms with Crippen molar-refractivity contribution in [1.82, 2.24) is 14.9 Å². The first-order valence-electron chi connectivity index (χ1n) is 7.35. The Labute approximate surface area is 121 Å². The lowest BCUT2D eigenvalue weighted by atomic mass is 9.99. The van der Waals surface area contributed by atoms with Crippen molar-refractivity contribution >= 4 is 0 Å². The molecule has 2 aromatic rings. The number of pyridine rings is 1. The molecule has 0 unspecified atom stereocenters. The Balaban J connectivity index is 1.82. The van der Waals surface area contributed by atoms with Gasteiger partial charge in [-0.3, -0.25) is 0 Å². The average molecular weight is 269 g/mol. The molecule has 2 heterocycles. The van der Waals surface area contributed by atoms with E-state index in [1.807, 2.05) is 24.5 Å². The summed E-state index contributed by atoms with van der Waals surface area (Å²) in [5.74, 6) is 1.01. The van der Waals surface area contributed by atoms with Crippen molar-refractivity contribution in [2.75, 3.05) is 6.54 Å². The van der Waals surface area contributed by atoms with Crippen LogP contribution in [-0.4, -0.2) is 21.6 Å². The Bertz CT molecular complexity index is 575. The third kappa shape index (κ3) is 2.78. The molecule has 0 radical (unpaired) electrons. The number of nitrogens with zero attached hydrogens (tertiary/aromatic N) is 2. The van der Waals surface area contributed by atoms with Crippen molar-refractivity contribution in [3.05, 3.63) is 48.4 Å². The van der Waals surface area contributed by atoms with E-state index in [4.69, 9.17) is 4.98 Å². The van der Waals surface area contributed by atoms with Gasteiger partial charge in [-0.15, -0.1) is 0 Å². The van der Waals surface area contributed by atoms with Crippen molar-refractivity contribution in [3.8, 4) is 5.82 Å². The monoisotopic (exact) mass is 269 g/mol. The van der Waals surface area contributed by atoms with Crippen molar-refractivity contribution < 1.29 is 0 Å². The summed E-state index contributed by atoms with van der Waals surface area (Å²) in [5, 5.41) is 3.63. The molecule has 2 aromatic heterocycles. The van der Waals surface area contributed by atoms with E-state index in [1.165, 1.54) is 18.5 Å². The highest BCUT2D eigenvalue weighted by Crippen LogP contribution is 2.47. The van der Waals surface area contributed by atoms with Gasteiger partial charge < -0.3 is 9.88 Å². The summed E-state index contributed by atoms with van der Waals surface area (Å²) in [4.78, 5) is 4.87. The lowest BCUT2D eigenvalue weighted by molar-refractivity contribution is 0.397. The minimum absolute atomic E-state index is 0.160. The van der Waals surface area contributed by atoms with E-state index in [1.54, 1.807) is 0 Å². The summed E-state index contributed by atoms with van der Waals surface area (Å²) in [6.07, 6.45) is 6.55. The Kier molecular flexibility index (Phi) is 3.17. The predicted octanol–water partition coefficient (Wildman–Crippen LogP) is 3.29. The normalized spacial score (nSPS) is 17.1. The average Bonchev–Trinajstić information content (AvgIpc) is 3.01. The zero-order chi connectivity index (χ0) is 14.2. The molecule has 0 atom stereocenters. The molecule has 1 fully saturated rings. The summed E-state index contributed by atoms with van der Waals surface area (Å²) in [6.45, 7) is 7.66. The van der Waals surface area contributed by atoms with Gasteiger partial charge in [-0.05, 0) is 57.9 Å². The minimum atomic E-state index is 0.160. The van der Waals surface area contributed by atoms with Gasteiger partial charge in [-0.25, -0.2) is 4.98 Å². The van der Waals surface area contributed by atoms with Crippen LogP contribution < -0.4 is 5.32 Å². The summed E-state index contributed by atoms with van der Waals surface area (Å²) in [7, 11) is 0. The first-order valence-corrected chi connectivity index (χ1v) is 7.35. The standard InChI is InChI=1S/C17H23N3/c1-16(2,3)18-13-17(9-10-17)14-7-6-8-15(19-14)20-11-4-5-12-20/h4-8,11-12,18H,9-10,13H2,1-3H3. The fourth-order valence-electron chi connectivity index (χ4n) is 2.46. The summed E-state index contributed by atoms with van der Waals surface area (Å²) in [5.41, 5.74) is 1.63. The first kappa shape index (κ1) is 13.4. The quantitative estimate of drug-likeness (QED) is 0.923. The summed E-state index contributed by atoms with van der Waals surface area (Å²) >= 11 is 0. The fraction of sp³-hybridized carbons (Fsp3) is 0.471. The van der Waals surface area contributed by atoms with Gasteiger partial charge in [0.05, 0.1) is 5.69 Å². The van der Waals surface area contributed by atoms with Gasteiger partial charge in [-0.1, -0.05) is 6.07 Å². The van der Waals surface area contributed by atoms with Crippen molar-refractivity contribution in [3.63, 3.8) is 0 Å². The van der Waals surface area contributed by atoms with Crippen LogP contribution in [0.3, 0.4) is 0 Å². The number of hydrogen-bond donors (Lipinski definition) is 1. The molecular weight excluding hydrogens is 246 g/mol. The number of aromatic nitrogens is 2. The molecular formula is C17H23N3. The summed E-state index contributed by atoms with van der Waals surface area (Å²) in [6, 6.07) is 10.4. The van der Waals surface area contributed by atoms with Gasteiger partial charge >= 0.3 is 0 Å². The van der Waals surface area contributed by atoms with Crippen LogP contribution in [0.1, 0.15) is 39.3 Å². The zero-order valence-electron chi connectivity index (χ0n) is 12.6. The first-order chi connectivity index (χ1) is 9.49. The molecule has 3 heteroatoms. The SMILES string of the molecule is CC(C)(C)NCC1(c2cccc(-n3cccc3)n2)CC1. The van der Waals surface area contributed by atoms with E-state index in [0.717, 1.165) is 12.4 Å². The lowest BCUT2D eigenvalue weighted by Gasteiger charge is -2.25. The highest BCUT2D eigenvalue weighted by atomic mass is 15.1. The Hall–Kier alpha value is -1.61. The van der Waals surface area contributed by atoms with Gasteiger partial charge in [0.15, 0.2) is 0 Å². The van der Waals surface area contributed by atoms with Gasteiger partial charge in [0.25, 0.3) is 0 Å². The maximum absolute atomic E-state index is 4.87. The van der Waals surface area contributed by atoms with Crippen molar-refractivity contribution in [2.24, 2.45) is 0 Å². The zero-order valence-corrected chi connectivity index (χ0v) is 12.6. The van der Waals surface area contributed by atoms with Crippen LogP contribution in [0.25, 0.3) is 5.82 Å². The minimum Gasteiger partial charge on any atom is -0.311 e. The smallest absolute Gasteiger partial charge is 0.136 e. The fourth-order valence-corrected chi connectivity index (χ4v) is 2.46. The van der Waals surface area contributed by atoms with Crippen molar-refractivity contribution in [2.45, 2.75) is 44.6 Å². The maximum Gasteiger partial charge on any atom is 0.136 e. The van der Waals surface area contributed by atoms with Crippen LogP contribution in [0.5, 0.6) is 0 Å². The van der Waals surface area contributed by atoms with E-state index < -0.39 is 0 Å². The molecule has 0 saturated heterocycles. The van der Waals surface area contributed by atoms with Crippen molar-refractivity contribution in [1.29, 1.82) is 0 Å². The topological polar surface area (TPSA) is 29.9 Å². The van der Waals surface area contributed by atoms with Gasteiger partial charge in [0.2, 0.25) is 0 Å². The molecule has 3 nitrogen and oxygen atoms in total. The van der Waals surface area contributed by atoms with Crippen LogP contribution in [0.15, 0.2) is 42.7 Å². The number of hydrogen-bond acceptors (Lipinski definition) is 2. The number of rotatable bonds is 4. The van der Waals surface area contributed by atoms with Gasteiger partial charge in [0.1, 0.15) is 5.82 Å². The molecule has 1 N–H and O–H groups in total. The molecule has 3 rings (SSSR count). The Morgan fingerprint density at radius 1 is 1.15 bits per heavy atom. The molecule has 0 spiro atoms. The second kappa shape index (κ2) is 4.74. The number of nitrogens with one attached hydrogen (secondary N) is 1. The summed E-state index contributed by atoms with van der Waals surface area (Å²) < 4.78 is 2.07. The molecule has 0 amide bonds. The maximum atomic E-state index is 4.87. The van der Waals surface area contributed by atoms with Gasteiger partial charge in [-0.2, -0.15) is 0 Å². The molecule has 106 valence electrons. The van der Waals surface area contributed by atoms with Crippen LogP contribution >= 0.6 is 0 Å². The predicted molar refractivity (Wildman–Crippen MR) is 82.2 cm³/mol. The van der Waals surface area contributed by atoms with E-state index in [9.17, 15) is 0 Å². The van der Waals surface area contributed by atoms with E-state index >= 15 is 0 Å². The third-order valence-electron chi connectivity index (χ3n) is 3.96.